The van der Waals surface area contributed by atoms with Gasteiger partial charge in [0.15, 0.2) is 0 Å². The number of nitrogens with zero attached hydrogens (tertiary/aromatic N) is 1. The van der Waals surface area contributed by atoms with Crippen LogP contribution in [-0.4, -0.2) is 36.1 Å². The summed E-state index contributed by atoms with van der Waals surface area (Å²) in [5.41, 5.74) is 5.81. The summed E-state index contributed by atoms with van der Waals surface area (Å²) in [6.45, 7) is 5.62. The van der Waals surface area contributed by atoms with Crippen LogP contribution in [0.5, 0.6) is 5.75 Å². The number of amides is 2. The van der Waals surface area contributed by atoms with Crippen molar-refractivity contribution in [3.05, 3.63) is 64.8 Å². The molecule has 2 heterocycles. The van der Waals surface area contributed by atoms with Crippen molar-refractivity contribution < 1.29 is 9.53 Å². The number of hydrogen-bond donors (Lipinski definition) is 2. The number of nitrogens with one attached hydrogen (secondary N) is 2. The Morgan fingerprint density at radius 1 is 1.24 bits per heavy atom. The molecule has 0 fully saturated rings. The van der Waals surface area contributed by atoms with Gasteiger partial charge in [-0.2, -0.15) is 0 Å². The molecule has 2 N–H and O–H groups in total. The summed E-state index contributed by atoms with van der Waals surface area (Å²) in [4.78, 5) is 18.6. The molecule has 2 amide bonds. The van der Waals surface area contributed by atoms with Crippen LogP contribution in [0.4, 0.5) is 4.79 Å². The Morgan fingerprint density at radius 3 is 2.76 bits per heavy atom. The zero-order valence-corrected chi connectivity index (χ0v) is 17.4. The van der Waals surface area contributed by atoms with E-state index in [4.69, 9.17) is 4.74 Å². The second-order valence-corrected chi connectivity index (χ2v) is 7.77. The Morgan fingerprint density at radius 2 is 2.03 bits per heavy atom. The third-order valence-electron chi connectivity index (χ3n) is 5.79. The normalized spacial score (nSPS) is 16.0. The molecule has 0 saturated carbocycles. The number of rotatable bonds is 5. The van der Waals surface area contributed by atoms with E-state index in [9.17, 15) is 4.79 Å². The van der Waals surface area contributed by atoms with Gasteiger partial charge in [0.2, 0.25) is 0 Å². The topological polar surface area (TPSA) is 57.4 Å². The van der Waals surface area contributed by atoms with Crippen molar-refractivity contribution in [2.45, 2.75) is 39.2 Å². The fraction of sp³-hybridized carbons (Fsp3) is 0.375. The highest BCUT2D eigenvalue weighted by molar-refractivity contribution is 5.87. The quantitative estimate of drug-likeness (QED) is 0.605. The number of benzene rings is 2. The Labute approximate surface area is 172 Å². The van der Waals surface area contributed by atoms with Crippen molar-refractivity contribution >= 4 is 16.9 Å². The molecule has 0 spiro atoms. The molecular formula is C24H29N3O2. The number of ether oxygens (including phenoxy) is 1. The summed E-state index contributed by atoms with van der Waals surface area (Å²) >= 11 is 0. The van der Waals surface area contributed by atoms with Gasteiger partial charge in [-0.05, 0) is 49.1 Å². The summed E-state index contributed by atoms with van der Waals surface area (Å²) in [6.07, 6.45) is 2.88. The van der Waals surface area contributed by atoms with Crippen molar-refractivity contribution in [1.29, 1.82) is 0 Å². The van der Waals surface area contributed by atoms with E-state index in [2.05, 4.69) is 60.5 Å². The van der Waals surface area contributed by atoms with E-state index < -0.39 is 0 Å². The largest absolute Gasteiger partial charge is 0.497 e. The first-order valence-electron chi connectivity index (χ1n) is 10.4. The second kappa shape index (κ2) is 8.19. The molecule has 152 valence electrons. The van der Waals surface area contributed by atoms with Crippen LogP contribution < -0.4 is 10.1 Å². The lowest BCUT2D eigenvalue weighted by Gasteiger charge is -2.36. The van der Waals surface area contributed by atoms with Gasteiger partial charge in [-0.25, -0.2) is 4.79 Å². The average molecular weight is 392 g/mol. The molecule has 5 nitrogen and oxygen atoms in total. The molecule has 1 aliphatic rings. The number of fused-ring (bicyclic) bond motifs is 3. The van der Waals surface area contributed by atoms with Crippen molar-refractivity contribution in [1.82, 2.24) is 15.2 Å². The second-order valence-electron chi connectivity index (χ2n) is 7.77. The zero-order chi connectivity index (χ0) is 20.4. The number of aromatic amines is 1. The predicted octanol–water partition coefficient (Wildman–Crippen LogP) is 4.94. The number of urea groups is 1. The lowest BCUT2D eigenvalue weighted by molar-refractivity contribution is 0.179. The summed E-state index contributed by atoms with van der Waals surface area (Å²) in [5.74, 6) is 0.853. The molecule has 0 unspecified atom stereocenters. The van der Waals surface area contributed by atoms with Gasteiger partial charge >= 0.3 is 6.03 Å². The van der Waals surface area contributed by atoms with Crippen molar-refractivity contribution in [2.24, 2.45) is 0 Å². The number of aromatic nitrogens is 1. The van der Waals surface area contributed by atoms with Crippen LogP contribution in [0.15, 0.2) is 42.5 Å². The fourth-order valence-electron chi connectivity index (χ4n) is 4.18. The minimum Gasteiger partial charge on any atom is -0.497 e. The number of methoxy groups -OCH3 is 1. The minimum absolute atomic E-state index is 0.00547. The summed E-state index contributed by atoms with van der Waals surface area (Å²) in [5, 5.41) is 4.28. The monoisotopic (exact) mass is 391 g/mol. The maximum absolute atomic E-state index is 13.0. The summed E-state index contributed by atoms with van der Waals surface area (Å²) < 4.78 is 5.43. The minimum atomic E-state index is -0.126. The predicted molar refractivity (Wildman–Crippen MR) is 117 cm³/mol. The van der Waals surface area contributed by atoms with E-state index in [1.165, 1.54) is 16.5 Å². The molecule has 0 bridgehead atoms. The van der Waals surface area contributed by atoms with Crippen LogP contribution in [0.2, 0.25) is 0 Å². The lowest BCUT2D eigenvalue weighted by atomic mass is 9.92. The van der Waals surface area contributed by atoms with Crippen LogP contribution in [0.3, 0.4) is 0 Å². The summed E-state index contributed by atoms with van der Waals surface area (Å²) in [6, 6.07) is 14.5. The molecule has 29 heavy (non-hydrogen) atoms. The molecular weight excluding hydrogens is 362 g/mol. The first-order valence-corrected chi connectivity index (χ1v) is 10.4. The van der Waals surface area contributed by atoms with Crippen LogP contribution in [0.1, 0.15) is 48.2 Å². The van der Waals surface area contributed by atoms with Crippen LogP contribution in [0, 0.1) is 6.92 Å². The molecule has 3 aromatic rings. The van der Waals surface area contributed by atoms with E-state index >= 15 is 0 Å². The first-order chi connectivity index (χ1) is 14.1. The van der Waals surface area contributed by atoms with Gasteiger partial charge in [-0.1, -0.05) is 43.2 Å². The van der Waals surface area contributed by atoms with Crippen molar-refractivity contribution in [3.8, 4) is 5.75 Å². The van der Waals surface area contributed by atoms with Crippen LogP contribution >= 0.6 is 0 Å². The van der Waals surface area contributed by atoms with E-state index in [0.717, 1.165) is 41.8 Å². The molecule has 0 aliphatic carbocycles. The molecule has 4 rings (SSSR count). The maximum Gasteiger partial charge on any atom is 0.318 e. The molecule has 1 aliphatic heterocycles. The standard InChI is InChI=1S/C24H29N3O2/c1-4-5-13-25-24(28)27-14-12-19-20-15-18(29-3)10-11-21(20)26-22(19)23(27)17-8-6-16(2)7-9-17/h6-11,15,23,26H,4-5,12-14H2,1-3H3,(H,25,28)/t23-/m1/s1. The van der Waals surface area contributed by atoms with Gasteiger partial charge in [-0.15, -0.1) is 0 Å². The smallest absolute Gasteiger partial charge is 0.318 e. The van der Waals surface area contributed by atoms with Crippen molar-refractivity contribution in [3.63, 3.8) is 0 Å². The SMILES string of the molecule is CCCCNC(=O)N1CCc2c([nH]c3ccc(OC)cc23)[C@H]1c1ccc(C)cc1. The number of carbonyl (C=O) groups is 1. The molecule has 1 aromatic heterocycles. The van der Waals surface area contributed by atoms with Crippen LogP contribution in [0.25, 0.3) is 10.9 Å². The van der Waals surface area contributed by atoms with E-state index in [0.29, 0.717) is 13.1 Å². The Hall–Kier alpha value is -2.95. The third kappa shape index (κ3) is 3.69. The Bertz CT molecular complexity index is 1010. The van der Waals surface area contributed by atoms with E-state index in [1.807, 2.05) is 11.0 Å². The fourth-order valence-corrected chi connectivity index (χ4v) is 4.18. The van der Waals surface area contributed by atoms with Gasteiger partial charge in [0, 0.05) is 29.7 Å². The van der Waals surface area contributed by atoms with Gasteiger partial charge in [0.05, 0.1) is 13.2 Å². The molecule has 0 saturated heterocycles. The number of carbonyl (C=O) groups excluding carboxylic acids is 1. The number of H-pyrrole nitrogens is 1. The van der Waals surface area contributed by atoms with Gasteiger partial charge in [0.25, 0.3) is 0 Å². The van der Waals surface area contributed by atoms with Crippen LogP contribution in [-0.2, 0) is 6.42 Å². The molecule has 1 atom stereocenters. The Kier molecular flexibility index (Phi) is 5.47. The average Bonchev–Trinajstić information content (AvgIpc) is 3.11. The zero-order valence-electron chi connectivity index (χ0n) is 17.4. The third-order valence-corrected chi connectivity index (χ3v) is 5.79. The molecule has 2 aromatic carbocycles. The van der Waals surface area contributed by atoms with Gasteiger partial charge < -0.3 is 19.9 Å². The Balaban J connectivity index is 1.78. The summed E-state index contributed by atoms with van der Waals surface area (Å²) in [7, 11) is 1.69. The lowest BCUT2D eigenvalue weighted by Crippen LogP contribution is -2.46. The van der Waals surface area contributed by atoms with Gasteiger partial charge in [0.1, 0.15) is 5.75 Å². The number of aryl methyl sites for hydroxylation is 1. The van der Waals surface area contributed by atoms with E-state index in [1.54, 1.807) is 7.11 Å². The highest BCUT2D eigenvalue weighted by Crippen LogP contribution is 2.39. The highest BCUT2D eigenvalue weighted by Gasteiger charge is 2.34. The number of unbranched alkanes of at least 4 members (excludes halogenated alkanes) is 1. The van der Waals surface area contributed by atoms with Gasteiger partial charge in [-0.3, -0.25) is 0 Å². The highest BCUT2D eigenvalue weighted by atomic mass is 16.5. The van der Waals surface area contributed by atoms with Crippen molar-refractivity contribution in [2.75, 3.05) is 20.2 Å². The first kappa shape index (κ1) is 19.4. The molecule has 5 heteroatoms. The maximum atomic E-state index is 13.0. The molecule has 0 radical (unpaired) electrons. The number of hydrogen-bond acceptors (Lipinski definition) is 2. The van der Waals surface area contributed by atoms with E-state index in [-0.39, 0.29) is 12.1 Å².